The van der Waals surface area contributed by atoms with Crippen molar-refractivity contribution in [1.82, 2.24) is 4.90 Å². The van der Waals surface area contributed by atoms with Crippen molar-refractivity contribution in [2.75, 3.05) is 31.3 Å². The zero-order valence-corrected chi connectivity index (χ0v) is 17.2. The number of fused-ring (bicyclic) bond motifs is 3. The van der Waals surface area contributed by atoms with Crippen molar-refractivity contribution >= 4 is 61.8 Å². The fourth-order valence-electron chi connectivity index (χ4n) is 2.90. The van der Waals surface area contributed by atoms with E-state index in [0.29, 0.717) is 17.0 Å². The highest BCUT2D eigenvalue weighted by molar-refractivity contribution is 8.23. The number of furan rings is 1. The molecule has 142 valence electrons. The number of thioether (sulfide) groups is 1. The van der Waals surface area contributed by atoms with E-state index in [9.17, 15) is 4.79 Å². The molecule has 0 bridgehead atoms. The van der Waals surface area contributed by atoms with Gasteiger partial charge in [-0.1, -0.05) is 42.2 Å². The molecule has 0 spiro atoms. The second-order valence-electron chi connectivity index (χ2n) is 5.92. The predicted molar refractivity (Wildman–Crippen MR) is 117 cm³/mol. The van der Waals surface area contributed by atoms with Crippen LogP contribution in [0.1, 0.15) is 13.8 Å². The minimum Gasteiger partial charge on any atom is -0.495 e. The Morgan fingerprint density at radius 1 is 1.19 bits per heavy atom. The molecule has 3 aromatic rings. The summed E-state index contributed by atoms with van der Waals surface area (Å²) in [5.41, 5.74) is 2.10. The highest BCUT2D eigenvalue weighted by Gasteiger charge is 2.15. The molecule has 1 amide bonds. The van der Waals surface area contributed by atoms with Crippen LogP contribution < -0.4 is 10.1 Å². The van der Waals surface area contributed by atoms with Crippen LogP contribution in [0.2, 0.25) is 0 Å². The molecule has 0 saturated heterocycles. The number of hydrogen-bond donors (Lipinski definition) is 1. The van der Waals surface area contributed by atoms with Crippen LogP contribution >= 0.6 is 24.0 Å². The molecule has 0 aliphatic rings. The third-order valence-corrected chi connectivity index (χ3v) is 5.84. The van der Waals surface area contributed by atoms with Gasteiger partial charge in [-0.05, 0) is 26.0 Å². The fourth-order valence-corrected chi connectivity index (χ4v) is 4.11. The van der Waals surface area contributed by atoms with Gasteiger partial charge in [0.2, 0.25) is 5.91 Å². The number of rotatable bonds is 6. The molecule has 0 saturated carbocycles. The first-order valence-corrected chi connectivity index (χ1v) is 10.2. The Labute approximate surface area is 168 Å². The molecule has 5 nitrogen and oxygen atoms in total. The monoisotopic (exact) mass is 402 g/mol. The minimum absolute atomic E-state index is 0.136. The highest BCUT2D eigenvalue weighted by Crippen LogP contribution is 2.36. The van der Waals surface area contributed by atoms with Crippen LogP contribution in [0.4, 0.5) is 5.69 Å². The van der Waals surface area contributed by atoms with Gasteiger partial charge in [-0.25, -0.2) is 0 Å². The smallest absolute Gasteiger partial charge is 0.234 e. The van der Waals surface area contributed by atoms with Gasteiger partial charge in [-0.2, -0.15) is 0 Å². The first-order valence-electron chi connectivity index (χ1n) is 8.78. The SMILES string of the molecule is CCN(CC)C(=S)SCC(=O)Nc1cc2oc3ccccc3c2cc1OC. The maximum absolute atomic E-state index is 12.4. The molecule has 1 heterocycles. The summed E-state index contributed by atoms with van der Waals surface area (Å²) in [5.74, 6) is 0.707. The van der Waals surface area contributed by atoms with Crippen LogP contribution in [0.5, 0.6) is 5.75 Å². The van der Waals surface area contributed by atoms with Gasteiger partial charge in [0, 0.05) is 29.9 Å². The molecule has 0 aliphatic heterocycles. The Hall–Kier alpha value is -2.25. The summed E-state index contributed by atoms with van der Waals surface area (Å²) in [7, 11) is 1.59. The van der Waals surface area contributed by atoms with E-state index in [1.807, 2.05) is 49.1 Å². The molecule has 1 aromatic heterocycles. The van der Waals surface area contributed by atoms with Crippen LogP contribution in [-0.4, -0.2) is 41.1 Å². The quantitative estimate of drug-likeness (QED) is 0.592. The number of anilines is 1. The zero-order valence-electron chi connectivity index (χ0n) is 15.6. The maximum Gasteiger partial charge on any atom is 0.234 e. The molecule has 0 radical (unpaired) electrons. The van der Waals surface area contributed by atoms with Crippen LogP contribution in [0.25, 0.3) is 21.9 Å². The summed E-state index contributed by atoms with van der Waals surface area (Å²) >= 11 is 6.74. The number of carbonyl (C=O) groups is 1. The van der Waals surface area contributed by atoms with E-state index in [2.05, 4.69) is 5.32 Å². The summed E-state index contributed by atoms with van der Waals surface area (Å²) < 4.78 is 12.1. The van der Waals surface area contributed by atoms with Gasteiger partial charge in [0.05, 0.1) is 18.6 Å². The lowest BCUT2D eigenvalue weighted by molar-refractivity contribution is -0.113. The summed E-state index contributed by atoms with van der Waals surface area (Å²) in [5, 5.41) is 4.88. The Kier molecular flexibility index (Phi) is 6.23. The van der Waals surface area contributed by atoms with Crippen LogP contribution in [-0.2, 0) is 4.79 Å². The minimum atomic E-state index is -0.136. The molecule has 0 atom stereocenters. The molecule has 0 unspecified atom stereocenters. The van der Waals surface area contributed by atoms with Crippen molar-refractivity contribution in [1.29, 1.82) is 0 Å². The van der Waals surface area contributed by atoms with Gasteiger partial charge in [-0.3, -0.25) is 4.79 Å². The van der Waals surface area contributed by atoms with Crippen molar-refractivity contribution in [3.63, 3.8) is 0 Å². The van der Waals surface area contributed by atoms with Crippen molar-refractivity contribution in [3.8, 4) is 5.75 Å². The van der Waals surface area contributed by atoms with Crippen molar-refractivity contribution in [3.05, 3.63) is 36.4 Å². The number of nitrogens with zero attached hydrogens (tertiary/aromatic N) is 1. The Bertz CT molecular complexity index is 980. The topological polar surface area (TPSA) is 54.7 Å². The van der Waals surface area contributed by atoms with Crippen LogP contribution in [0.15, 0.2) is 40.8 Å². The van der Waals surface area contributed by atoms with Gasteiger partial charge >= 0.3 is 0 Å². The molecule has 0 fully saturated rings. The number of carbonyl (C=O) groups excluding carboxylic acids is 1. The van der Waals surface area contributed by atoms with E-state index in [0.717, 1.165) is 33.8 Å². The van der Waals surface area contributed by atoms with Gasteiger partial charge in [0.15, 0.2) is 0 Å². The van der Waals surface area contributed by atoms with Gasteiger partial charge in [-0.15, -0.1) is 0 Å². The summed E-state index contributed by atoms with van der Waals surface area (Å²) in [6, 6.07) is 11.5. The summed E-state index contributed by atoms with van der Waals surface area (Å²) in [6.45, 7) is 5.76. The number of amides is 1. The van der Waals surface area contributed by atoms with Crippen LogP contribution in [0.3, 0.4) is 0 Å². The standard InChI is InChI=1S/C20H22N2O3S2/c1-4-22(5-2)20(26)27-12-19(23)21-15-11-17-14(10-18(15)24-3)13-8-6-7-9-16(13)25-17/h6-11H,4-5,12H2,1-3H3,(H,21,23). The van der Waals surface area contributed by atoms with Crippen molar-refractivity contribution in [2.24, 2.45) is 0 Å². The molecule has 1 N–H and O–H groups in total. The van der Waals surface area contributed by atoms with E-state index >= 15 is 0 Å². The van der Waals surface area contributed by atoms with Gasteiger partial charge in [0.25, 0.3) is 0 Å². The predicted octanol–water partition coefficient (Wildman–Crippen LogP) is 4.89. The number of para-hydroxylation sites is 1. The van der Waals surface area contributed by atoms with Crippen molar-refractivity contribution < 1.29 is 13.9 Å². The van der Waals surface area contributed by atoms with Crippen molar-refractivity contribution in [2.45, 2.75) is 13.8 Å². The lowest BCUT2D eigenvalue weighted by Gasteiger charge is -2.20. The number of nitrogens with one attached hydrogen (secondary N) is 1. The number of hydrogen-bond acceptors (Lipinski definition) is 5. The third kappa shape index (κ3) is 4.20. The highest BCUT2D eigenvalue weighted by atomic mass is 32.2. The lowest BCUT2D eigenvalue weighted by atomic mass is 10.1. The zero-order chi connectivity index (χ0) is 19.4. The average molecular weight is 403 g/mol. The maximum atomic E-state index is 12.4. The molecule has 27 heavy (non-hydrogen) atoms. The molecule has 3 rings (SSSR count). The second kappa shape index (κ2) is 8.63. The molecular formula is C20H22N2O3S2. The number of methoxy groups -OCH3 is 1. The lowest BCUT2D eigenvalue weighted by Crippen LogP contribution is -2.28. The van der Waals surface area contributed by atoms with E-state index < -0.39 is 0 Å². The second-order valence-corrected chi connectivity index (χ2v) is 7.53. The Morgan fingerprint density at radius 3 is 2.63 bits per heavy atom. The van der Waals surface area contributed by atoms with E-state index in [1.165, 1.54) is 11.8 Å². The largest absolute Gasteiger partial charge is 0.495 e. The van der Waals surface area contributed by atoms with E-state index in [-0.39, 0.29) is 11.7 Å². The third-order valence-electron chi connectivity index (χ3n) is 4.32. The normalized spacial score (nSPS) is 10.9. The molecule has 2 aromatic carbocycles. The number of ether oxygens (including phenoxy) is 1. The first kappa shape index (κ1) is 19.5. The Balaban J connectivity index is 1.78. The number of benzene rings is 2. The number of thiocarbonyl (C=S) groups is 1. The molecular weight excluding hydrogens is 380 g/mol. The first-order chi connectivity index (χ1) is 13.1. The summed E-state index contributed by atoms with van der Waals surface area (Å²) in [6.07, 6.45) is 0. The van der Waals surface area contributed by atoms with E-state index in [1.54, 1.807) is 13.2 Å². The molecule has 7 heteroatoms. The Morgan fingerprint density at radius 2 is 1.93 bits per heavy atom. The summed E-state index contributed by atoms with van der Waals surface area (Å²) in [4.78, 5) is 14.4. The average Bonchev–Trinajstić information content (AvgIpc) is 3.04. The van der Waals surface area contributed by atoms with Crippen LogP contribution in [0, 0.1) is 0 Å². The fraction of sp³-hybridized carbons (Fsp3) is 0.300. The molecule has 0 aliphatic carbocycles. The van der Waals surface area contributed by atoms with Gasteiger partial charge in [0.1, 0.15) is 21.2 Å². The van der Waals surface area contributed by atoms with E-state index in [4.69, 9.17) is 21.4 Å². The van der Waals surface area contributed by atoms with Gasteiger partial charge < -0.3 is 19.4 Å².